The molecule has 0 bridgehead atoms. The average Bonchev–Trinajstić information content (AvgIpc) is 2.76. The average molecular weight is 267 g/mol. The van der Waals surface area contributed by atoms with Crippen molar-refractivity contribution in [3.05, 3.63) is 35.6 Å². The second kappa shape index (κ2) is 5.05. The van der Waals surface area contributed by atoms with Gasteiger partial charge in [-0.1, -0.05) is 0 Å². The second-order valence-electron chi connectivity index (χ2n) is 3.71. The number of anilines is 2. The zero-order chi connectivity index (χ0) is 13.1. The van der Waals surface area contributed by atoms with Crippen LogP contribution in [0.4, 0.5) is 11.5 Å². The van der Waals surface area contributed by atoms with Crippen molar-refractivity contribution >= 4 is 29.0 Å². The number of nitrogens with zero attached hydrogens (tertiary/aromatic N) is 3. The normalized spacial score (nSPS) is 10.2. The van der Waals surface area contributed by atoms with Crippen molar-refractivity contribution in [2.24, 2.45) is 0 Å². The fourth-order valence-corrected chi connectivity index (χ4v) is 1.53. The molecule has 2 heterocycles. The molecule has 7 heteroatoms. The Balaban J connectivity index is 2.22. The van der Waals surface area contributed by atoms with E-state index in [0.29, 0.717) is 11.5 Å². The van der Waals surface area contributed by atoms with Crippen LogP contribution in [0.15, 0.2) is 29.1 Å². The Labute approximate surface area is 109 Å². The summed E-state index contributed by atoms with van der Waals surface area (Å²) in [6.45, 7) is 0. The first-order valence-electron chi connectivity index (χ1n) is 5.12. The molecule has 18 heavy (non-hydrogen) atoms. The van der Waals surface area contributed by atoms with Gasteiger partial charge in [-0.15, -0.1) is 0 Å². The molecule has 2 rings (SSSR count). The number of amides is 1. The molecule has 0 saturated carbocycles. The van der Waals surface area contributed by atoms with Crippen LogP contribution in [0.1, 0.15) is 10.6 Å². The van der Waals surface area contributed by atoms with Gasteiger partial charge in [-0.05, 0) is 23.7 Å². The first-order valence-corrected chi connectivity index (χ1v) is 5.49. The molecule has 1 N–H and O–H groups in total. The van der Waals surface area contributed by atoms with Crippen molar-refractivity contribution in [2.75, 3.05) is 24.3 Å². The quantitative estimate of drug-likeness (QED) is 0.920. The molecule has 1 amide bonds. The largest absolute Gasteiger partial charge is 0.440 e. The van der Waals surface area contributed by atoms with E-state index in [9.17, 15) is 4.79 Å². The molecule has 0 radical (unpaired) electrons. The molecule has 0 aliphatic carbocycles. The van der Waals surface area contributed by atoms with Crippen molar-refractivity contribution in [2.45, 2.75) is 0 Å². The van der Waals surface area contributed by atoms with Crippen molar-refractivity contribution < 1.29 is 9.21 Å². The first kappa shape index (κ1) is 12.4. The Morgan fingerprint density at radius 3 is 2.83 bits per heavy atom. The number of nitrogens with one attached hydrogen (secondary N) is 1. The van der Waals surface area contributed by atoms with Crippen LogP contribution in [-0.4, -0.2) is 30.0 Å². The van der Waals surface area contributed by atoms with Gasteiger partial charge < -0.3 is 14.6 Å². The molecule has 94 valence electrons. The van der Waals surface area contributed by atoms with E-state index in [0.717, 1.165) is 0 Å². The van der Waals surface area contributed by atoms with Crippen LogP contribution in [-0.2, 0) is 0 Å². The van der Waals surface area contributed by atoms with Gasteiger partial charge in [-0.2, -0.15) is 0 Å². The third-order valence-corrected chi connectivity index (χ3v) is 2.36. The van der Waals surface area contributed by atoms with Crippen LogP contribution >= 0.6 is 11.6 Å². The van der Waals surface area contributed by atoms with Crippen molar-refractivity contribution in [3.63, 3.8) is 0 Å². The van der Waals surface area contributed by atoms with Crippen LogP contribution in [0.5, 0.6) is 0 Å². The van der Waals surface area contributed by atoms with Crippen molar-refractivity contribution in [1.82, 2.24) is 9.97 Å². The molecule has 2 aromatic heterocycles. The van der Waals surface area contributed by atoms with Crippen LogP contribution in [0.2, 0.25) is 5.22 Å². The maximum absolute atomic E-state index is 11.9. The van der Waals surface area contributed by atoms with Crippen LogP contribution in [0.25, 0.3) is 0 Å². The van der Waals surface area contributed by atoms with E-state index >= 15 is 0 Å². The summed E-state index contributed by atoms with van der Waals surface area (Å²) in [5.74, 6) is 0.337. The van der Waals surface area contributed by atoms with E-state index in [-0.39, 0.29) is 11.0 Å². The molecule has 6 nitrogen and oxygen atoms in total. The van der Waals surface area contributed by atoms with Crippen LogP contribution < -0.4 is 10.2 Å². The molecule has 0 aromatic carbocycles. The number of aromatic nitrogens is 2. The van der Waals surface area contributed by atoms with Gasteiger partial charge in [0.05, 0.1) is 6.20 Å². The van der Waals surface area contributed by atoms with E-state index in [1.807, 2.05) is 14.1 Å². The number of carbonyl (C=O) groups is 1. The minimum atomic E-state index is -0.403. The van der Waals surface area contributed by atoms with E-state index in [1.165, 1.54) is 24.7 Å². The van der Waals surface area contributed by atoms with Gasteiger partial charge in [0, 0.05) is 14.1 Å². The molecule has 0 fully saturated rings. The maximum atomic E-state index is 11.9. The molecular formula is C11H11ClN4O2. The Morgan fingerprint density at radius 1 is 1.44 bits per heavy atom. The monoisotopic (exact) mass is 266 g/mol. The lowest BCUT2D eigenvalue weighted by molar-refractivity contribution is 0.0996. The van der Waals surface area contributed by atoms with Crippen molar-refractivity contribution in [3.8, 4) is 0 Å². The number of hydrogen-bond donors (Lipinski definition) is 1. The highest BCUT2D eigenvalue weighted by molar-refractivity contribution is 6.29. The zero-order valence-corrected chi connectivity index (χ0v) is 10.6. The van der Waals surface area contributed by atoms with Crippen molar-refractivity contribution in [1.29, 1.82) is 0 Å². The van der Waals surface area contributed by atoms with Crippen LogP contribution in [0.3, 0.4) is 0 Å². The number of furan rings is 1. The molecule has 2 aromatic rings. The first-order chi connectivity index (χ1) is 8.58. The van der Waals surface area contributed by atoms with Gasteiger partial charge in [-0.25, -0.2) is 9.97 Å². The minimum Gasteiger partial charge on any atom is -0.440 e. The Morgan fingerprint density at radius 2 is 2.22 bits per heavy atom. The molecule has 0 spiro atoms. The summed E-state index contributed by atoms with van der Waals surface area (Å²) in [5, 5.41) is 2.83. The van der Waals surface area contributed by atoms with Gasteiger partial charge >= 0.3 is 0 Å². The van der Waals surface area contributed by atoms with E-state index < -0.39 is 5.91 Å². The second-order valence-corrected chi connectivity index (χ2v) is 4.08. The van der Waals surface area contributed by atoms with Crippen LogP contribution in [0, 0.1) is 0 Å². The highest BCUT2D eigenvalue weighted by atomic mass is 35.5. The summed E-state index contributed by atoms with van der Waals surface area (Å²) >= 11 is 5.61. The highest BCUT2D eigenvalue weighted by Crippen LogP contribution is 2.21. The number of hydrogen-bond acceptors (Lipinski definition) is 5. The molecule has 0 aliphatic rings. The predicted octanol–water partition coefficient (Wildman–Crippen LogP) is 2.04. The van der Waals surface area contributed by atoms with Gasteiger partial charge in [0.15, 0.2) is 16.8 Å². The number of rotatable bonds is 3. The smallest absolute Gasteiger partial charge is 0.291 e. The standard InChI is InChI=1S/C11H11ClN4O2/c1-16(2)10-7(5-13-6-14-10)15-11(17)8-3-4-9(12)18-8/h3-6H,1-2H3,(H,15,17). The predicted molar refractivity (Wildman–Crippen MR) is 68.0 cm³/mol. The molecule has 0 unspecified atom stereocenters. The summed E-state index contributed by atoms with van der Waals surface area (Å²) in [5.41, 5.74) is 0.500. The third-order valence-electron chi connectivity index (χ3n) is 2.16. The molecule has 0 aliphatic heterocycles. The maximum Gasteiger partial charge on any atom is 0.291 e. The summed E-state index contributed by atoms with van der Waals surface area (Å²) in [7, 11) is 3.64. The summed E-state index contributed by atoms with van der Waals surface area (Å²) in [6, 6.07) is 3.00. The Kier molecular flexibility index (Phi) is 3.47. The highest BCUT2D eigenvalue weighted by Gasteiger charge is 2.14. The van der Waals surface area contributed by atoms with E-state index in [1.54, 1.807) is 4.90 Å². The topological polar surface area (TPSA) is 71.3 Å². The lowest BCUT2D eigenvalue weighted by Crippen LogP contribution is -2.17. The number of halogens is 1. The fourth-order valence-electron chi connectivity index (χ4n) is 1.39. The lowest BCUT2D eigenvalue weighted by atomic mass is 10.4. The van der Waals surface area contributed by atoms with Gasteiger partial charge in [0.25, 0.3) is 5.91 Å². The molecular weight excluding hydrogens is 256 g/mol. The fraction of sp³-hybridized carbons (Fsp3) is 0.182. The van der Waals surface area contributed by atoms with Gasteiger partial charge in [-0.3, -0.25) is 4.79 Å². The molecule has 0 saturated heterocycles. The summed E-state index contributed by atoms with van der Waals surface area (Å²) in [4.78, 5) is 21.6. The molecule has 0 atom stereocenters. The SMILES string of the molecule is CN(C)c1ncncc1NC(=O)c1ccc(Cl)o1. The Hall–Kier alpha value is -2.08. The van der Waals surface area contributed by atoms with E-state index in [4.69, 9.17) is 16.0 Å². The lowest BCUT2D eigenvalue weighted by Gasteiger charge is -2.15. The van der Waals surface area contributed by atoms with Gasteiger partial charge in [0.2, 0.25) is 0 Å². The summed E-state index contributed by atoms with van der Waals surface area (Å²) in [6.07, 6.45) is 2.93. The third kappa shape index (κ3) is 2.60. The number of carbonyl (C=O) groups excluding carboxylic acids is 1. The minimum absolute atomic E-state index is 0.133. The van der Waals surface area contributed by atoms with Gasteiger partial charge in [0.1, 0.15) is 12.0 Å². The van der Waals surface area contributed by atoms with E-state index in [2.05, 4.69) is 15.3 Å². The summed E-state index contributed by atoms with van der Waals surface area (Å²) < 4.78 is 5.02. The Bertz CT molecular complexity index is 568. The zero-order valence-electron chi connectivity index (χ0n) is 9.85.